The molecular formula is C20H24N2O6. The standard InChI is InChI=1S/C20H24N2O6/c1-24-6-8-26-15-2-3-17-14(10-15)4-5-22-18(17)11-19(21-20(22)23)28-13-16-12-25-7-9-27-16/h2-3,10-11,16H,4-9,12-13H2,1H3/t16-/m0/s1. The molecule has 0 amide bonds. The van der Waals surface area contributed by atoms with Gasteiger partial charge in [-0.2, -0.15) is 4.98 Å². The van der Waals surface area contributed by atoms with Crippen LogP contribution in [-0.2, 0) is 27.2 Å². The highest BCUT2D eigenvalue weighted by Gasteiger charge is 2.21. The molecule has 2 aliphatic heterocycles. The molecule has 1 fully saturated rings. The third-order valence-electron chi connectivity index (χ3n) is 4.80. The molecule has 0 spiro atoms. The number of methoxy groups -OCH3 is 1. The van der Waals surface area contributed by atoms with Crippen LogP contribution >= 0.6 is 0 Å². The van der Waals surface area contributed by atoms with Crippen LogP contribution in [0.4, 0.5) is 0 Å². The van der Waals surface area contributed by atoms with Crippen LogP contribution in [0.2, 0.25) is 0 Å². The molecule has 8 heteroatoms. The number of aromatic nitrogens is 2. The van der Waals surface area contributed by atoms with Gasteiger partial charge in [0, 0.05) is 25.3 Å². The third kappa shape index (κ3) is 4.19. The Labute approximate surface area is 163 Å². The van der Waals surface area contributed by atoms with Gasteiger partial charge in [0.1, 0.15) is 25.1 Å². The van der Waals surface area contributed by atoms with E-state index in [2.05, 4.69) is 4.98 Å². The minimum atomic E-state index is -0.306. The fraction of sp³-hybridized carbons (Fsp3) is 0.500. The molecule has 1 atom stereocenters. The summed E-state index contributed by atoms with van der Waals surface area (Å²) in [5, 5.41) is 0. The number of hydrogen-bond donors (Lipinski definition) is 0. The summed E-state index contributed by atoms with van der Waals surface area (Å²) in [7, 11) is 1.64. The number of aryl methyl sites for hydroxylation is 1. The SMILES string of the molecule is COCCOc1ccc2c(c1)CCn1c-2cc(OC[C@@H]2COCCO2)nc1=O. The van der Waals surface area contributed by atoms with Crippen LogP contribution < -0.4 is 15.2 Å². The third-order valence-corrected chi connectivity index (χ3v) is 4.80. The number of benzene rings is 1. The number of hydrogen-bond acceptors (Lipinski definition) is 7. The Bertz CT molecular complexity index is 875. The molecule has 0 aliphatic carbocycles. The second-order valence-electron chi connectivity index (χ2n) is 6.70. The van der Waals surface area contributed by atoms with E-state index in [9.17, 15) is 4.79 Å². The van der Waals surface area contributed by atoms with E-state index >= 15 is 0 Å². The fourth-order valence-electron chi connectivity index (χ4n) is 3.40. The van der Waals surface area contributed by atoms with Gasteiger partial charge < -0.3 is 23.7 Å². The van der Waals surface area contributed by atoms with E-state index in [1.165, 1.54) is 0 Å². The highest BCUT2D eigenvalue weighted by molar-refractivity contribution is 5.67. The van der Waals surface area contributed by atoms with Gasteiger partial charge in [-0.15, -0.1) is 0 Å². The van der Waals surface area contributed by atoms with E-state index < -0.39 is 0 Å². The molecule has 2 aromatic rings. The van der Waals surface area contributed by atoms with Gasteiger partial charge in [-0.05, 0) is 30.2 Å². The Morgan fingerprint density at radius 2 is 2.14 bits per heavy atom. The molecule has 4 rings (SSSR count). The fourth-order valence-corrected chi connectivity index (χ4v) is 3.40. The van der Waals surface area contributed by atoms with Crippen molar-refractivity contribution >= 4 is 0 Å². The first-order valence-electron chi connectivity index (χ1n) is 9.43. The summed E-state index contributed by atoms with van der Waals surface area (Å²) in [5.74, 6) is 1.10. The lowest BCUT2D eigenvalue weighted by Crippen LogP contribution is -2.34. The van der Waals surface area contributed by atoms with E-state index in [1.807, 2.05) is 24.3 Å². The first-order valence-corrected chi connectivity index (χ1v) is 9.43. The van der Waals surface area contributed by atoms with Crippen LogP contribution in [0.15, 0.2) is 29.1 Å². The van der Waals surface area contributed by atoms with Crippen LogP contribution in [0.3, 0.4) is 0 Å². The van der Waals surface area contributed by atoms with Gasteiger partial charge in [-0.1, -0.05) is 0 Å². The molecule has 3 heterocycles. The van der Waals surface area contributed by atoms with Gasteiger partial charge in [-0.3, -0.25) is 4.57 Å². The average Bonchev–Trinajstić information content (AvgIpc) is 2.73. The van der Waals surface area contributed by atoms with E-state index in [0.29, 0.717) is 52.1 Å². The predicted octanol–water partition coefficient (Wildman–Crippen LogP) is 1.29. The zero-order valence-corrected chi connectivity index (χ0v) is 15.9. The summed E-state index contributed by atoms with van der Waals surface area (Å²) in [4.78, 5) is 16.5. The lowest BCUT2D eigenvalue weighted by Gasteiger charge is -2.24. The monoisotopic (exact) mass is 388 g/mol. The van der Waals surface area contributed by atoms with E-state index in [1.54, 1.807) is 11.7 Å². The number of rotatable bonds is 7. The van der Waals surface area contributed by atoms with Gasteiger partial charge >= 0.3 is 5.69 Å². The molecule has 0 unspecified atom stereocenters. The first kappa shape index (κ1) is 18.9. The first-order chi connectivity index (χ1) is 13.7. The van der Waals surface area contributed by atoms with Gasteiger partial charge in [-0.25, -0.2) is 4.79 Å². The van der Waals surface area contributed by atoms with Crippen LogP contribution in [0, 0.1) is 0 Å². The van der Waals surface area contributed by atoms with Crippen molar-refractivity contribution in [2.24, 2.45) is 0 Å². The topological polar surface area (TPSA) is 81.0 Å². The Morgan fingerprint density at radius 3 is 2.96 bits per heavy atom. The maximum atomic E-state index is 12.5. The average molecular weight is 388 g/mol. The zero-order valence-electron chi connectivity index (χ0n) is 15.9. The lowest BCUT2D eigenvalue weighted by atomic mass is 9.97. The molecule has 8 nitrogen and oxygen atoms in total. The highest BCUT2D eigenvalue weighted by Crippen LogP contribution is 2.32. The second-order valence-corrected chi connectivity index (χ2v) is 6.70. The Balaban J connectivity index is 1.54. The van der Waals surface area contributed by atoms with Gasteiger partial charge in [0.05, 0.1) is 32.1 Å². The summed E-state index contributed by atoms with van der Waals surface area (Å²) in [6.07, 6.45) is 0.604. The molecule has 150 valence electrons. The van der Waals surface area contributed by atoms with Crippen molar-refractivity contribution in [2.45, 2.75) is 19.1 Å². The van der Waals surface area contributed by atoms with Crippen molar-refractivity contribution in [3.63, 3.8) is 0 Å². The molecule has 2 aliphatic rings. The molecule has 1 aromatic carbocycles. The Hall–Kier alpha value is -2.42. The Kier molecular flexibility index (Phi) is 5.90. The quantitative estimate of drug-likeness (QED) is 0.661. The smallest absolute Gasteiger partial charge is 0.351 e. The minimum absolute atomic E-state index is 0.145. The molecule has 0 saturated carbocycles. The molecule has 0 radical (unpaired) electrons. The summed E-state index contributed by atoms with van der Waals surface area (Å²) < 4.78 is 29.1. The minimum Gasteiger partial charge on any atom is -0.491 e. The van der Waals surface area contributed by atoms with Crippen molar-refractivity contribution in [1.82, 2.24) is 9.55 Å². The molecule has 1 aromatic heterocycles. The number of nitrogens with zero attached hydrogens (tertiary/aromatic N) is 2. The van der Waals surface area contributed by atoms with Crippen LogP contribution in [0.5, 0.6) is 11.6 Å². The maximum absolute atomic E-state index is 12.5. The van der Waals surface area contributed by atoms with Gasteiger partial charge in [0.15, 0.2) is 0 Å². The number of ether oxygens (including phenoxy) is 5. The second kappa shape index (κ2) is 8.72. The van der Waals surface area contributed by atoms with Gasteiger partial charge in [0.25, 0.3) is 0 Å². The van der Waals surface area contributed by atoms with E-state index in [-0.39, 0.29) is 11.8 Å². The molecule has 0 bridgehead atoms. The van der Waals surface area contributed by atoms with Crippen molar-refractivity contribution < 1.29 is 23.7 Å². The summed E-state index contributed by atoms with van der Waals surface area (Å²) >= 11 is 0. The predicted molar refractivity (Wildman–Crippen MR) is 101 cm³/mol. The molecule has 28 heavy (non-hydrogen) atoms. The van der Waals surface area contributed by atoms with Gasteiger partial charge in [0.2, 0.25) is 5.88 Å². The zero-order chi connectivity index (χ0) is 19.3. The van der Waals surface area contributed by atoms with Crippen molar-refractivity contribution in [3.05, 3.63) is 40.3 Å². The largest absolute Gasteiger partial charge is 0.491 e. The van der Waals surface area contributed by atoms with Crippen molar-refractivity contribution in [1.29, 1.82) is 0 Å². The van der Waals surface area contributed by atoms with Crippen LogP contribution in [0.1, 0.15) is 5.56 Å². The lowest BCUT2D eigenvalue weighted by molar-refractivity contribution is -0.102. The Morgan fingerprint density at radius 1 is 1.21 bits per heavy atom. The molecule has 0 N–H and O–H groups in total. The van der Waals surface area contributed by atoms with Crippen LogP contribution in [-0.4, -0.2) is 62.4 Å². The molecule has 1 saturated heterocycles. The highest BCUT2D eigenvalue weighted by atomic mass is 16.6. The summed E-state index contributed by atoms with van der Waals surface area (Å²) in [6.45, 7) is 3.56. The van der Waals surface area contributed by atoms with E-state index in [0.717, 1.165) is 29.0 Å². The number of fused-ring (bicyclic) bond motifs is 3. The summed E-state index contributed by atoms with van der Waals surface area (Å²) in [5.41, 5.74) is 2.63. The van der Waals surface area contributed by atoms with Crippen molar-refractivity contribution in [3.8, 4) is 22.9 Å². The van der Waals surface area contributed by atoms with E-state index in [4.69, 9.17) is 23.7 Å². The van der Waals surface area contributed by atoms with Crippen molar-refractivity contribution in [2.75, 3.05) is 46.8 Å². The maximum Gasteiger partial charge on any atom is 0.351 e. The summed E-state index contributed by atoms with van der Waals surface area (Å²) in [6, 6.07) is 7.72. The van der Waals surface area contributed by atoms with Crippen LogP contribution in [0.25, 0.3) is 11.3 Å². The normalized spacial score (nSPS) is 18.2. The molecular weight excluding hydrogens is 364 g/mol.